The number of hydrogen-bond donors (Lipinski definition) is 1. The molecular weight excluding hydrogens is 333 g/mol. The van der Waals surface area contributed by atoms with Gasteiger partial charge in [0, 0.05) is 19.1 Å². The van der Waals surface area contributed by atoms with Gasteiger partial charge in [-0.3, -0.25) is 0 Å². The second-order valence-electron chi connectivity index (χ2n) is 3.65. The Hall–Kier alpha value is -0.520. The molecule has 1 heterocycles. The van der Waals surface area contributed by atoms with Gasteiger partial charge < -0.3 is 4.84 Å². The summed E-state index contributed by atoms with van der Waals surface area (Å²) in [6, 6.07) is 2.82. The minimum Gasteiger partial charge on any atom is -0.335 e. The summed E-state index contributed by atoms with van der Waals surface area (Å²) in [4.78, 5) is 18.4. The van der Waals surface area contributed by atoms with E-state index in [1.807, 2.05) is 0 Å². The lowest BCUT2D eigenvalue weighted by molar-refractivity contribution is -0.125. The molecule has 1 rings (SSSR count). The molecular formula is C11H18IN3O2. The molecule has 0 unspecified atom stereocenters. The highest BCUT2D eigenvalue weighted by Gasteiger charge is 2.19. The van der Waals surface area contributed by atoms with Crippen LogP contribution in [0, 0.1) is 12.0 Å². The molecule has 0 atom stereocenters. The second-order valence-corrected chi connectivity index (χ2v) is 4.41. The highest BCUT2D eigenvalue weighted by Crippen LogP contribution is 2.02. The van der Waals surface area contributed by atoms with Crippen LogP contribution in [0.2, 0.25) is 0 Å². The molecule has 0 aliphatic carbocycles. The highest BCUT2D eigenvalue weighted by atomic mass is 127. The molecule has 0 aromatic rings. The standard InChI is InChI=1S/C11H18IN3O2/c1-2-3-8-14(9-4-6-12)11(16)17-15-10-5-7-13-15/h13H,2-3,5-8,10H2,1H3. The zero-order valence-corrected chi connectivity index (χ0v) is 12.2. The number of carbonyl (C=O) groups is 1. The summed E-state index contributed by atoms with van der Waals surface area (Å²) >= 11 is 2.16. The first-order chi connectivity index (χ1) is 8.27. The van der Waals surface area contributed by atoms with E-state index in [0.29, 0.717) is 11.0 Å². The van der Waals surface area contributed by atoms with Crippen LogP contribution in [0.1, 0.15) is 26.2 Å². The summed E-state index contributed by atoms with van der Waals surface area (Å²) in [6.45, 7) is 4.28. The molecule has 17 heavy (non-hydrogen) atoms. The van der Waals surface area contributed by atoms with E-state index < -0.39 is 6.09 Å². The van der Waals surface area contributed by atoms with Crippen molar-refractivity contribution in [2.75, 3.05) is 24.1 Å². The molecule has 5 nitrogen and oxygen atoms in total. The van der Waals surface area contributed by atoms with E-state index in [9.17, 15) is 4.79 Å². The van der Waals surface area contributed by atoms with Gasteiger partial charge in [0.15, 0.2) is 0 Å². The van der Waals surface area contributed by atoms with Gasteiger partial charge in [-0.15, -0.1) is 0 Å². The molecule has 1 fully saturated rings. The van der Waals surface area contributed by atoms with E-state index >= 15 is 0 Å². The minimum atomic E-state index is -0.398. The van der Waals surface area contributed by atoms with Crippen molar-refractivity contribution in [2.24, 2.45) is 0 Å². The summed E-state index contributed by atoms with van der Waals surface area (Å²) in [6.07, 6.45) is 2.54. The van der Waals surface area contributed by atoms with Crippen LogP contribution in [0.3, 0.4) is 0 Å². The largest absolute Gasteiger partial charge is 0.441 e. The number of nitrogens with zero attached hydrogens (tertiary/aromatic N) is 2. The van der Waals surface area contributed by atoms with Gasteiger partial charge in [0.1, 0.15) is 0 Å². The lowest BCUT2D eigenvalue weighted by atomic mass is 10.3. The normalized spacial score (nSPS) is 15.2. The number of rotatable bonds is 4. The van der Waals surface area contributed by atoms with Crippen molar-refractivity contribution in [1.29, 1.82) is 0 Å². The van der Waals surface area contributed by atoms with Gasteiger partial charge in [0.2, 0.25) is 0 Å². The number of hydrogen-bond acceptors (Lipinski definition) is 4. The van der Waals surface area contributed by atoms with Gasteiger partial charge >= 0.3 is 6.09 Å². The number of alkyl halides is 1. The summed E-state index contributed by atoms with van der Waals surface area (Å²) in [7, 11) is 0. The van der Waals surface area contributed by atoms with E-state index in [1.165, 1.54) is 10.1 Å². The van der Waals surface area contributed by atoms with Crippen molar-refractivity contribution in [3.05, 3.63) is 0 Å². The summed E-state index contributed by atoms with van der Waals surface area (Å²) < 4.78 is 0.704. The summed E-state index contributed by atoms with van der Waals surface area (Å²) in [5.41, 5.74) is 2.97. The Morgan fingerprint density at radius 2 is 2.47 bits per heavy atom. The average Bonchev–Trinajstić information content (AvgIpc) is 2.82. The number of halogens is 1. The quantitative estimate of drug-likeness (QED) is 0.363. The topological polar surface area (TPSA) is 44.8 Å². The van der Waals surface area contributed by atoms with E-state index in [4.69, 9.17) is 4.84 Å². The Labute approximate surface area is 116 Å². The maximum Gasteiger partial charge on any atom is 0.441 e. The Morgan fingerprint density at radius 1 is 1.65 bits per heavy atom. The molecule has 1 amide bonds. The average molecular weight is 351 g/mol. The minimum absolute atomic E-state index is 0.398. The Balaban J connectivity index is 2.45. The maximum absolute atomic E-state index is 11.8. The van der Waals surface area contributed by atoms with Crippen LogP contribution in [-0.2, 0) is 4.84 Å². The molecule has 96 valence electrons. The summed E-state index contributed by atoms with van der Waals surface area (Å²) in [5.74, 6) is 2.89. The number of hydrazine groups is 1. The van der Waals surface area contributed by atoms with Crippen LogP contribution in [-0.4, -0.2) is 40.2 Å². The summed E-state index contributed by atoms with van der Waals surface area (Å²) in [5, 5.41) is 1.48. The zero-order valence-electron chi connectivity index (χ0n) is 10.0. The molecule has 0 radical (unpaired) electrons. The Morgan fingerprint density at radius 3 is 3.06 bits per heavy atom. The lowest BCUT2D eigenvalue weighted by Gasteiger charge is -2.19. The van der Waals surface area contributed by atoms with Crippen LogP contribution >= 0.6 is 22.6 Å². The molecule has 0 spiro atoms. The first kappa shape index (κ1) is 14.5. The molecule has 0 aromatic carbocycles. The van der Waals surface area contributed by atoms with Gasteiger partial charge in [0.25, 0.3) is 0 Å². The SMILES string of the molecule is CCCCN(C#CCI)C(=O)ON1CCCN1. The second kappa shape index (κ2) is 8.55. The van der Waals surface area contributed by atoms with E-state index in [-0.39, 0.29) is 0 Å². The van der Waals surface area contributed by atoms with Crippen molar-refractivity contribution in [3.63, 3.8) is 0 Å². The van der Waals surface area contributed by atoms with Crippen LogP contribution in [0.4, 0.5) is 4.79 Å². The van der Waals surface area contributed by atoms with Gasteiger partial charge in [-0.05, 0) is 12.8 Å². The van der Waals surface area contributed by atoms with Crippen molar-refractivity contribution >= 4 is 28.7 Å². The monoisotopic (exact) mass is 351 g/mol. The van der Waals surface area contributed by atoms with Crippen LogP contribution in [0.15, 0.2) is 0 Å². The van der Waals surface area contributed by atoms with Gasteiger partial charge in [0.05, 0.1) is 11.0 Å². The smallest absolute Gasteiger partial charge is 0.335 e. The Bertz CT molecular complexity index is 295. The van der Waals surface area contributed by atoms with E-state index in [1.54, 1.807) is 0 Å². The molecule has 6 heteroatoms. The Kier molecular flexibility index (Phi) is 7.32. The molecule has 1 N–H and O–H groups in total. The molecule has 0 saturated carbocycles. The maximum atomic E-state index is 11.8. The molecule has 0 bridgehead atoms. The van der Waals surface area contributed by atoms with E-state index in [2.05, 4.69) is 46.9 Å². The third-order valence-corrected chi connectivity index (χ3v) is 2.63. The van der Waals surface area contributed by atoms with Crippen LogP contribution in [0.25, 0.3) is 0 Å². The zero-order chi connectivity index (χ0) is 12.5. The third-order valence-electron chi connectivity index (χ3n) is 2.25. The molecule has 0 aromatic heterocycles. The van der Waals surface area contributed by atoms with Crippen molar-refractivity contribution in [2.45, 2.75) is 26.2 Å². The first-order valence-electron chi connectivity index (χ1n) is 5.83. The number of nitrogens with one attached hydrogen (secondary N) is 1. The number of unbranched alkanes of at least 4 members (excludes halogenated alkanes) is 1. The number of hydroxylamine groups is 1. The third kappa shape index (κ3) is 5.57. The molecule has 1 aliphatic heterocycles. The van der Waals surface area contributed by atoms with E-state index in [0.717, 1.165) is 32.4 Å². The van der Waals surface area contributed by atoms with Crippen LogP contribution < -0.4 is 5.43 Å². The fourth-order valence-corrected chi connectivity index (χ4v) is 1.53. The number of amides is 1. The molecule has 1 saturated heterocycles. The lowest BCUT2D eigenvalue weighted by Crippen LogP contribution is -2.39. The fraction of sp³-hybridized carbons (Fsp3) is 0.727. The van der Waals surface area contributed by atoms with Gasteiger partial charge in [-0.25, -0.2) is 15.1 Å². The number of carbonyl (C=O) groups excluding carboxylic acids is 1. The van der Waals surface area contributed by atoms with Crippen LogP contribution in [0.5, 0.6) is 0 Å². The molecule has 1 aliphatic rings. The predicted molar refractivity (Wildman–Crippen MR) is 74.1 cm³/mol. The predicted octanol–water partition coefficient (Wildman–Crippen LogP) is 1.75. The van der Waals surface area contributed by atoms with Crippen molar-refractivity contribution in [1.82, 2.24) is 15.5 Å². The fourth-order valence-electron chi connectivity index (χ4n) is 1.36. The highest BCUT2D eigenvalue weighted by molar-refractivity contribution is 14.1. The van der Waals surface area contributed by atoms with Gasteiger partial charge in [-0.2, -0.15) is 0 Å². The van der Waals surface area contributed by atoms with Gasteiger partial charge in [-0.1, -0.05) is 47.0 Å². The van der Waals surface area contributed by atoms with Crippen molar-refractivity contribution < 1.29 is 9.63 Å². The van der Waals surface area contributed by atoms with Crippen molar-refractivity contribution in [3.8, 4) is 12.0 Å². The first-order valence-corrected chi connectivity index (χ1v) is 7.35.